The molecule has 2 fully saturated rings. The number of likely N-dealkylation sites (tertiary alicyclic amines) is 1. The van der Waals surface area contributed by atoms with Crippen LogP contribution in [0.3, 0.4) is 0 Å². The van der Waals surface area contributed by atoms with E-state index in [4.69, 9.17) is 0 Å². The Kier molecular flexibility index (Phi) is 11.5. The van der Waals surface area contributed by atoms with Gasteiger partial charge in [-0.05, 0) is 38.8 Å². The highest BCUT2D eigenvalue weighted by atomic mass is 127. The Bertz CT molecular complexity index is 440. The van der Waals surface area contributed by atoms with Crippen LogP contribution in [0.1, 0.15) is 52.4 Å². The minimum absolute atomic E-state index is 0. The Morgan fingerprint density at radius 3 is 2.54 bits per heavy atom. The molecule has 1 amide bonds. The van der Waals surface area contributed by atoms with Crippen molar-refractivity contribution in [1.82, 2.24) is 20.4 Å². The standard InChI is InChI=1S/C19H37N5O.HI/c1-4-12-23(5-2)14-11-21-19(20-3)22-17-10-13-24(15-17)18(25)16-8-6-7-9-16;/h16-17H,4-15H2,1-3H3,(H2,20,21,22);1H. The van der Waals surface area contributed by atoms with E-state index in [2.05, 4.69) is 39.3 Å². The summed E-state index contributed by atoms with van der Waals surface area (Å²) in [7, 11) is 1.81. The molecule has 2 N–H and O–H groups in total. The first-order valence-electron chi connectivity index (χ1n) is 10.2. The van der Waals surface area contributed by atoms with Crippen molar-refractivity contribution in [2.45, 2.75) is 58.4 Å². The lowest BCUT2D eigenvalue weighted by atomic mass is 10.1. The second kappa shape index (κ2) is 12.8. The average molecular weight is 479 g/mol. The molecule has 1 atom stereocenters. The summed E-state index contributed by atoms with van der Waals surface area (Å²) < 4.78 is 0. The predicted octanol–water partition coefficient (Wildman–Crippen LogP) is 2.29. The summed E-state index contributed by atoms with van der Waals surface area (Å²) in [6, 6.07) is 0.314. The number of nitrogens with one attached hydrogen (secondary N) is 2. The molecule has 1 heterocycles. The SMILES string of the molecule is CCCN(CC)CCNC(=NC)NC1CCN(C(=O)C2CCCC2)C1.I. The molecule has 6 nitrogen and oxygen atoms in total. The van der Waals surface area contributed by atoms with Crippen LogP contribution in [0.15, 0.2) is 4.99 Å². The van der Waals surface area contributed by atoms with E-state index in [1.807, 2.05) is 7.05 Å². The van der Waals surface area contributed by atoms with Crippen LogP contribution in [0, 0.1) is 5.92 Å². The lowest BCUT2D eigenvalue weighted by molar-refractivity contribution is -0.134. The van der Waals surface area contributed by atoms with Crippen LogP contribution in [0.2, 0.25) is 0 Å². The molecular weight excluding hydrogens is 441 g/mol. The quantitative estimate of drug-likeness (QED) is 0.319. The second-order valence-electron chi connectivity index (χ2n) is 7.33. The molecule has 0 aromatic carbocycles. The fourth-order valence-electron chi connectivity index (χ4n) is 3.97. The van der Waals surface area contributed by atoms with Crippen LogP contribution in [0.4, 0.5) is 0 Å². The zero-order valence-electron chi connectivity index (χ0n) is 16.8. The fourth-order valence-corrected chi connectivity index (χ4v) is 3.97. The van der Waals surface area contributed by atoms with Gasteiger partial charge >= 0.3 is 0 Å². The molecule has 0 radical (unpaired) electrons. The number of rotatable bonds is 8. The van der Waals surface area contributed by atoms with Crippen molar-refractivity contribution >= 4 is 35.8 Å². The molecule has 0 aromatic rings. The van der Waals surface area contributed by atoms with Gasteiger partial charge in [0.25, 0.3) is 0 Å². The van der Waals surface area contributed by atoms with E-state index in [-0.39, 0.29) is 29.9 Å². The molecule has 1 saturated heterocycles. The normalized spacial score (nSPS) is 21.2. The smallest absolute Gasteiger partial charge is 0.225 e. The van der Waals surface area contributed by atoms with Gasteiger partial charge in [0.05, 0.1) is 0 Å². The van der Waals surface area contributed by atoms with Crippen molar-refractivity contribution in [1.29, 1.82) is 0 Å². The summed E-state index contributed by atoms with van der Waals surface area (Å²) in [6.07, 6.45) is 6.80. The number of hydrogen-bond acceptors (Lipinski definition) is 3. The number of amides is 1. The summed E-state index contributed by atoms with van der Waals surface area (Å²) >= 11 is 0. The highest BCUT2D eigenvalue weighted by Crippen LogP contribution is 2.27. The highest BCUT2D eigenvalue weighted by Gasteiger charge is 2.32. The van der Waals surface area contributed by atoms with Crippen LogP contribution >= 0.6 is 24.0 Å². The van der Waals surface area contributed by atoms with Gasteiger partial charge in [0.2, 0.25) is 5.91 Å². The molecule has 26 heavy (non-hydrogen) atoms. The van der Waals surface area contributed by atoms with Crippen LogP contribution in [-0.2, 0) is 4.79 Å². The number of aliphatic imine (C=N–C) groups is 1. The Balaban J connectivity index is 0.00000338. The molecule has 0 spiro atoms. The molecule has 152 valence electrons. The van der Waals surface area contributed by atoms with Gasteiger partial charge in [0.1, 0.15) is 0 Å². The molecule has 1 unspecified atom stereocenters. The summed E-state index contributed by atoms with van der Waals surface area (Å²) in [4.78, 5) is 21.4. The Hall–Kier alpha value is -0.570. The highest BCUT2D eigenvalue weighted by molar-refractivity contribution is 14.0. The fraction of sp³-hybridized carbons (Fsp3) is 0.895. The molecule has 0 aromatic heterocycles. The number of halogens is 1. The summed E-state index contributed by atoms with van der Waals surface area (Å²) in [5.74, 6) is 1.52. The molecule has 1 aliphatic carbocycles. The van der Waals surface area contributed by atoms with Crippen molar-refractivity contribution in [3.63, 3.8) is 0 Å². The second-order valence-corrected chi connectivity index (χ2v) is 7.33. The average Bonchev–Trinajstić information content (AvgIpc) is 3.31. The van der Waals surface area contributed by atoms with E-state index >= 15 is 0 Å². The third kappa shape index (κ3) is 7.21. The predicted molar refractivity (Wildman–Crippen MR) is 119 cm³/mol. The summed E-state index contributed by atoms with van der Waals surface area (Å²) in [5, 5.41) is 6.90. The van der Waals surface area contributed by atoms with Gasteiger partial charge in [-0.2, -0.15) is 0 Å². The van der Waals surface area contributed by atoms with E-state index in [0.29, 0.717) is 11.9 Å². The first-order chi connectivity index (χ1) is 12.2. The number of likely N-dealkylation sites (N-methyl/N-ethyl adjacent to an activating group) is 1. The Labute approximate surface area is 176 Å². The number of carbonyl (C=O) groups is 1. The number of nitrogens with zero attached hydrogens (tertiary/aromatic N) is 3. The van der Waals surface area contributed by atoms with Crippen molar-refractivity contribution in [2.24, 2.45) is 10.9 Å². The third-order valence-corrected chi connectivity index (χ3v) is 5.48. The van der Waals surface area contributed by atoms with Crippen LogP contribution in [0.25, 0.3) is 0 Å². The third-order valence-electron chi connectivity index (χ3n) is 5.48. The van der Waals surface area contributed by atoms with Gasteiger partial charge < -0.3 is 20.4 Å². The van der Waals surface area contributed by atoms with Gasteiger partial charge in [-0.1, -0.05) is 26.7 Å². The molecule has 0 bridgehead atoms. The minimum Gasteiger partial charge on any atom is -0.355 e. The van der Waals surface area contributed by atoms with Crippen LogP contribution in [-0.4, -0.2) is 74.0 Å². The number of carbonyl (C=O) groups excluding carboxylic acids is 1. The summed E-state index contributed by atoms with van der Waals surface area (Å²) in [6.45, 7) is 10.3. The maximum atomic E-state index is 12.5. The maximum absolute atomic E-state index is 12.5. The summed E-state index contributed by atoms with van der Waals surface area (Å²) in [5.41, 5.74) is 0. The molecule has 1 aliphatic heterocycles. The molecule has 7 heteroatoms. The van der Waals surface area contributed by atoms with E-state index in [1.54, 1.807) is 0 Å². The zero-order chi connectivity index (χ0) is 18.1. The largest absolute Gasteiger partial charge is 0.355 e. The van der Waals surface area contributed by atoms with Gasteiger partial charge in [-0.3, -0.25) is 9.79 Å². The Morgan fingerprint density at radius 1 is 1.19 bits per heavy atom. The van der Waals surface area contributed by atoms with E-state index in [9.17, 15) is 4.79 Å². The van der Waals surface area contributed by atoms with Crippen LogP contribution in [0.5, 0.6) is 0 Å². The first-order valence-corrected chi connectivity index (χ1v) is 10.2. The van der Waals surface area contributed by atoms with Crippen molar-refractivity contribution in [3.8, 4) is 0 Å². The van der Waals surface area contributed by atoms with Crippen LogP contribution < -0.4 is 10.6 Å². The lowest BCUT2D eigenvalue weighted by Crippen LogP contribution is -2.47. The zero-order valence-corrected chi connectivity index (χ0v) is 19.1. The van der Waals surface area contributed by atoms with Gasteiger partial charge in [-0.25, -0.2) is 0 Å². The van der Waals surface area contributed by atoms with Gasteiger partial charge in [0, 0.05) is 45.2 Å². The van der Waals surface area contributed by atoms with Crippen molar-refractivity contribution in [3.05, 3.63) is 0 Å². The maximum Gasteiger partial charge on any atom is 0.225 e. The lowest BCUT2D eigenvalue weighted by Gasteiger charge is -2.23. The van der Waals surface area contributed by atoms with Gasteiger partial charge in [-0.15, -0.1) is 24.0 Å². The van der Waals surface area contributed by atoms with Crippen molar-refractivity contribution in [2.75, 3.05) is 46.3 Å². The molecule has 2 aliphatic rings. The number of guanidine groups is 1. The minimum atomic E-state index is 0. The van der Waals surface area contributed by atoms with E-state index in [0.717, 1.165) is 64.5 Å². The molecule has 2 rings (SSSR count). The molecule has 1 saturated carbocycles. The van der Waals surface area contributed by atoms with E-state index < -0.39 is 0 Å². The number of hydrogen-bond donors (Lipinski definition) is 2. The monoisotopic (exact) mass is 479 g/mol. The topological polar surface area (TPSA) is 60.0 Å². The Morgan fingerprint density at radius 2 is 1.92 bits per heavy atom. The molecular formula is C19H38IN5O. The first kappa shape index (κ1) is 23.5. The van der Waals surface area contributed by atoms with Crippen molar-refractivity contribution < 1.29 is 4.79 Å². The van der Waals surface area contributed by atoms with Gasteiger partial charge in [0.15, 0.2) is 5.96 Å². The van der Waals surface area contributed by atoms with E-state index in [1.165, 1.54) is 19.3 Å².